The van der Waals surface area contributed by atoms with Crippen LogP contribution in [0.15, 0.2) is 0 Å². The van der Waals surface area contributed by atoms with Gasteiger partial charge in [-0.1, -0.05) is 0 Å². The molecule has 1 spiro atoms. The second-order valence-corrected chi connectivity index (χ2v) is 3.36. The topological polar surface area (TPSA) is 40.9 Å². The van der Waals surface area contributed by atoms with Crippen molar-refractivity contribution in [3.63, 3.8) is 0 Å². The second kappa shape index (κ2) is 1.60. The highest BCUT2D eigenvalue weighted by molar-refractivity contribution is 5.93. The van der Waals surface area contributed by atoms with Gasteiger partial charge in [-0.2, -0.15) is 5.26 Å². The highest BCUT2D eigenvalue weighted by Gasteiger charge is 2.55. The Morgan fingerprint density at radius 2 is 2.20 bits per heavy atom. The summed E-state index contributed by atoms with van der Waals surface area (Å²) in [5, 5.41) is 8.53. The second-order valence-electron chi connectivity index (χ2n) is 3.36. The van der Waals surface area contributed by atoms with Crippen molar-refractivity contribution in [2.45, 2.75) is 25.7 Å². The lowest BCUT2D eigenvalue weighted by molar-refractivity contribution is -0.123. The van der Waals surface area contributed by atoms with Crippen LogP contribution in [0.25, 0.3) is 0 Å². The van der Waals surface area contributed by atoms with Gasteiger partial charge in [-0.25, -0.2) is 0 Å². The van der Waals surface area contributed by atoms with E-state index in [2.05, 4.69) is 6.07 Å². The molecule has 0 amide bonds. The Balaban J connectivity index is 2.22. The maximum Gasteiger partial charge on any atom is 0.156 e. The van der Waals surface area contributed by atoms with Crippen molar-refractivity contribution >= 4 is 5.78 Å². The lowest BCUT2D eigenvalue weighted by Gasteiger charge is -1.99. The number of hydrogen-bond donors (Lipinski definition) is 0. The van der Waals surface area contributed by atoms with Crippen molar-refractivity contribution in [2.75, 3.05) is 0 Å². The largest absolute Gasteiger partial charge is 0.298 e. The zero-order valence-corrected chi connectivity index (χ0v) is 5.76. The van der Waals surface area contributed by atoms with Crippen LogP contribution in [0.2, 0.25) is 0 Å². The highest BCUT2D eigenvalue weighted by Crippen LogP contribution is 2.56. The van der Waals surface area contributed by atoms with Crippen molar-refractivity contribution in [3.8, 4) is 6.07 Å². The SMILES string of the molecule is N#CC1CCC2(CC2)C1=O. The smallest absolute Gasteiger partial charge is 0.156 e. The molecular weight excluding hydrogens is 126 g/mol. The van der Waals surface area contributed by atoms with Crippen LogP contribution in [-0.4, -0.2) is 5.78 Å². The molecule has 2 nitrogen and oxygen atoms in total. The fraction of sp³-hybridized carbons (Fsp3) is 0.750. The molecule has 0 aromatic carbocycles. The predicted molar refractivity (Wildman–Crippen MR) is 35.0 cm³/mol. The number of ketones is 1. The lowest BCUT2D eigenvalue weighted by Crippen LogP contribution is -2.12. The van der Waals surface area contributed by atoms with E-state index < -0.39 is 0 Å². The van der Waals surface area contributed by atoms with Crippen molar-refractivity contribution in [3.05, 3.63) is 0 Å². The minimum Gasteiger partial charge on any atom is -0.298 e. The molecule has 0 saturated heterocycles. The number of nitrogens with zero attached hydrogens (tertiary/aromatic N) is 1. The first-order valence-corrected chi connectivity index (χ1v) is 3.72. The van der Waals surface area contributed by atoms with Crippen molar-refractivity contribution in [1.29, 1.82) is 5.26 Å². The Hall–Kier alpha value is -0.840. The van der Waals surface area contributed by atoms with E-state index in [4.69, 9.17) is 5.26 Å². The number of hydrogen-bond acceptors (Lipinski definition) is 2. The van der Waals surface area contributed by atoms with Gasteiger partial charge in [0.05, 0.1) is 6.07 Å². The van der Waals surface area contributed by atoms with Gasteiger partial charge in [0.15, 0.2) is 5.78 Å². The van der Waals surface area contributed by atoms with Gasteiger partial charge in [0.1, 0.15) is 5.92 Å². The number of nitriles is 1. The van der Waals surface area contributed by atoms with E-state index in [1.807, 2.05) is 0 Å². The third-order valence-corrected chi connectivity index (χ3v) is 2.76. The third-order valence-electron chi connectivity index (χ3n) is 2.76. The summed E-state index contributed by atoms with van der Waals surface area (Å²) in [5.74, 6) is -0.0301. The Kier molecular flexibility index (Phi) is 0.947. The summed E-state index contributed by atoms with van der Waals surface area (Å²) in [6, 6.07) is 2.06. The molecule has 10 heavy (non-hydrogen) atoms. The minimum absolute atomic E-state index is 0.0143. The fourth-order valence-electron chi connectivity index (χ4n) is 1.81. The third kappa shape index (κ3) is 0.553. The summed E-state index contributed by atoms with van der Waals surface area (Å²) in [4.78, 5) is 11.3. The molecule has 0 N–H and O–H groups in total. The van der Waals surface area contributed by atoms with Gasteiger partial charge >= 0.3 is 0 Å². The van der Waals surface area contributed by atoms with Crippen LogP contribution >= 0.6 is 0 Å². The molecule has 2 fully saturated rings. The average Bonchev–Trinajstić information content (AvgIpc) is 2.63. The number of carbonyl (C=O) groups excluding carboxylic acids is 1. The average molecular weight is 135 g/mol. The quantitative estimate of drug-likeness (QED) is 0.502. The highest BCUT2D eigenvalue weighted by atomic mass is 16.1. The van der Waals surface area contributed by atoms with E-state index in [0.717, 1.165) is 25.7 Å². The molecule has 1 unspecified atom stereocenters. The Labute approximate surface area is 59.8 Å². The van der Waals surface area contributed by atoms with Gasteiger partial charge in [0.2, 0.25) is 0 Å². The molecule has 0 aromatic heterocycles. The van der Waals surface area contributed by atoms with Gasteiger partial charge in [-0.3, -0.25) is 4.79 Å². The van der Waals surface area contributed by atoms with Crippen molar-refractivity contribution in [1.82, 2.24) is 0 Å². The van der Waals surface area contributed by atoms with Crippen LogP contribution in [0.3, 0.4) is 0 Å². The maximum atomic E-state index is 11.3. The van der Waals surface area contributed by atoms with Crippen LogP contribution in [0.5, 0.6) is 0 Å². The number of rotatable bonds is 0. The summed E-state index contributed by atoms with van der Waals surface area (Å²) < 4.78 is 0. The molecule has 0 radical (unpaired) electrons. The summed E-state index contributed by atoms with van der Waals surface area (Å²) in [6.45, 7) is 0. The van der Waals surface area contributed by atoms with Gasteiger partial charge in [0, 0.05) is 5.41 Å². The van der Waals surface area contributed by atoms with Crippen LogP contribution in [0.1, 0.15) is 25.7 Å². The molecule has 2 aliphatic rings. The van der Waals surface area contributed by atoms with Gasteiger partial charge in [0.25, 0.3) is 0 Å². The summed E-state index contributed by atoms with van der Waals surface area (Å²) in [7, 11) is 0. The van der Waals surface area contributed by atoms with Gasteiger partial charge < -0.3 is 0 Å². The molecule has 1 atom stereocenters. The standard InChI is InChI=1S/C8H9NO/c9-5-6-1-2-8(3-4-8)7(6)10/h6H,1-4H2. The molecule has 0 bridgehead atoms. The zero-order valence-electron chi connectivity index (χ0n) is 5.76. The summed E-state index contributed by atoms with van der Waals surface area (Å²) in [6.07, 6.45) is 3.88. The Bertz CT molecular complexity index is 222. The molecule has 2 aliphatic carbocycles. The molecule has 0 aliphatic heterocycles. The first-order chi connectivity index (χ1) is 4.78. The molecule has 52 valence electrons. The van der Waals surface area contributed by atoms with Crippen LogP contribution in [0, 0.1) is 22.7 Å². The molecule has 2 heteroatoms. The van der Waals surface area contributed by atoms with E-state index >= 15 is 0 Å². The van der Waals surface area contributed by atoms with E-state index in [-0.39, 0.29) is 17.1 Å². The summed E-state index contributed by atoms with van der Waals surface area (Å²) in [5.41, 5.74) is 0.0143. The number of Topliss-reactive ketones (excluding diaryl/α,β-unsaturated/α-hetero) is 1. The summed E-state index contributed by atoms with van der Waals surface area (Å²) >= 11 is 0. The molecule has 0 heterocycles. The first-order valence-electron chi connectivity index (χ1n) is 3.72. The van der Waals surface area contributed by atoms with E-state index in [1.54, 1.807) is 0 Å². The van der Waals surface area contributed by atoms with Gasteiger partial charge in [-0.15, -0.1) is 0 Å². The van der Waals surface area contributed by atoms with Gasteiger partial charge in [-0.05, 0) is 25.7 Å². The van der Waals surface area contributed by atoms with Crippen molar-refractivity contribution < 1.29 is 4.79 Å². The van der Waals surface area contributed by atoms with E-state index in [9.17, 15) is 4.79 Å². The number of carbonyl (C=O) groups is 1. The van der Waals surface area contributed by atoms with E-state index in [1.165, 1.54) is 0 Å². The fourth-order valence-corrected chi connectivity index (χ4v) is 1.81. The lowest BCUT2D eigenvalue weighted by atomic mass is 10.0. The zero-order chi connectivity index (χ0) is 7.19. The van der Waals surface area contributed by atoms with Crippen molar-refractivity contribution in [2.24, 2.45) is 11.3 Å². The molecule has 0 aromatic rings. The van der Waals surface area contributed by atoms with Crippen LogP contribution < -0.4 is 0 Å². The minimum atomic E-state index is -0.262. The monoisotopic (exact) mass is 135 g/mol. The normalized spacial score (nSPS) is 34.3. The molecular formula is C8H9NO. The Morgan fingerprint density at radius 1 is 1.50 bits per heavy atom. The molecule has 2 saturated carbocycles. The van der Waals surface area contributed by atoms with Crippen LogP contribution in [0.4, 0.5) is 0 Å². The Morgan fingerprint density at radius 3 is 2.50 bits per heavy atom. The van der Waals surface area contributed by atoms with E-state index in [0.29, 0.717) is 0 Å². The molecule has 2 rings (SSSR count). The van der Waals surface area contributed by atoms with Crippen LogP contribution in [-0.2, 0) is 4.79 Å². The first kappa shape index (κ1) is 5.91. The maximum absolute atomic E-state index is 11.3. The predicted octanol–water partition coefficient (Wildman–Crippen LogP) is 1.27.